The first-order chi connectivity index (χ1) is 15.0. The van der Waals surface area contributed by atoms with Crippen molar-refractivity contribution in [2.45, 2.75) is 13.8 Å². The third-order valence-electron chi connectivity index (χ3n) is 4.61. The molecule has 0 aliphatic heterocycles. The zero-order valence-corrected chi connectivity index (χ0v) is 17.4. The average molecular weight is 409 g/mol. The van der Waals surface area contributed by atoms with E-state index in [1.54, 1.807) is 12.1 Å². The molecule has 4 rings (SSSR count). The minimum absolute atomic E-state index is 0.139. The second-order valence-electron chi connectivity index (χ2n) is 7.23. The Bertz CT molecular complexity index is 1170. The molecule has 154 valence electrons. The van der Waals surface area contributed by atoms with Crippen LogP contribution in [-0.2, 0) is 0 Å². The van der Waals surface area contributed by atoms with E-state index in [2.05, 4.69) is 25.9 Å². The lowest BCUT2D eigenvalue weighted by Gasteiger charge is -2.11. The monoisotopic (exact) mass is 409 g/mol. The number of anilines is 5. The summed E-state index contributed by atoms with van der Waals surface area (Å²) in [6.07, 6.45) is 0. The first-order valence-corrected chi connectivity index (χ1v) is 9.98. The molecule has 0 atom stereocenters. The summed E-state index contributed by atoms with van der Waals surface area (Å²) >= 11 is 0. The molecule has 0 fully saturated rings. The summed E-state index contributed by atoms with van der Waals surface area (Å²) in [5.41, 5.74) is 5.17. The first kappa shape index (κ1) is 20.1. The molecule has 3 aromatic carbocycles. The fourth-order valence-corrected chi connectivity index (χ4v) is 3.03. The zero-order chi connectivity index (χ0) is 21.6. The van der Waals surface area contributed by atoms with Gasteiger partial charge in [-0.25, -0.2) is 4.98 Å². The van der Waals surface area contributed by atoms with Crippen LogP contribution in [0.1, 0.15) is 21.6 Å². The fourth-order valence-electron chi connectivity index (χ4n) is 3.03. The highest BCUT2D eigenvalue weighted by atomic mass is 16.1. The second kappa shape index (κ2) is 9.09. The van der Waals surface area contributed by atoms with E-state index in [0.29, 0.717) is 17.3 Å². The number of hydrogen-bond acceptors (Lipinski definition) is 5. The molecule has 6 nitrogen and oxygen atoms in total. The molecule has 1 heterocycles. The van der Waals surface area contributed by atoms with Crippen LogP contribution >= 0.6 is 0 Å². The van der Waals surface area contributed by atoms with Crippen molar-refractivity contribution in [3.8, 4) is 0 Å². The van der Waals surface area contributed by atoms with Crippen LogP contribution in [0.4, 0.5) is 28.8 Å². The van der Waals surface area contributed by atoms with E-state index in [1.165, 1.54) is 5.56 Å². The molecule has 0 radical (unpaired) electrons. The number of aryl methyl sites for hydroxylation is 2. The first-order valence-electron chi connectivity index (χ1n) is 9.98. The lowest BCUT2D eigenvalue weighted by molar-refractivity contribution is 0.102. The molecule has 31 heavy (non-hydrogen) atoms. The molecular formula is C25H23N5O. The Morgan fingerprint density at radius 1 is 0.710 bits per heavy atom. The normalized spacial score (nSPS) is 10.4. The third kappa shape index (κ3) is 5.45. The summed E-state index contributed by atoms with van der Waals surface area (Å²) in [6, 6.07) is 26.6. The van der Waals surface area contributed by atoms with Gasteiger partial charge in [0.05, 0.1) is 0 Å². The topological polar surface area (TPSA) is 78.9 Å². The van der Waals surface area contributed by atoms with Crippen LogP contribution < -0.4 is 16.0 Å². The number of amides is 1. The summed E-state index contributed by atoms with van der Waals surface area (Å²) in [4.78, 5) is 21.3. The minimum atomic E-state index is -0.139. The highest BCUT2D eigenvalue weighted by Gasteiger charge is 2.06. The molecule has 3 N–H and O–H groups in total. The van der Waals surface area contributed by atoms with Gasteiger partial charge in [0, 0.05) is 34.4 Å². The Hall–Kier alpha value is -4.19. The molecule has 0 aliphatic carbocycles. The van der Waals surface area contributed by atoms with Crippen LogP contribution in [0.25, 0.3) is 0 Å². The van der Waals surface area contributed by atoms with Gasteiger partial charge in [0.15, 0.2) is 0 Å². The Labute approximate surface area is 181 Å². The molecule has 0 unspecified atom stereocenters. The molecule has 0 saturated carbocycles. The summed E-state index contributed by atoms with van der Waals surface area (Å²) in [6.45, 7) is 3.97. The Kier molecular flexibility index (Phi) is 5.89. The molecule has 1 aromatic heterocycles. The number of nitrogens with zero attached hydrogens (tertiary/aromatic N) is 2. The zero-order valence-electron chi connectivity index (χ0n) is 17.4. The number of nitrogens with one attached hydrogen (secondary N) is 3. The maximum absolute atomic E-state index is 12.3. The maximum Gasteiger partial charge on any atom is 0.255 e. The molecular weight excluding hydrogens is 386 g/mol. The van der Waals surface area contributed by atoms with Crippen LogP contribution in [0.15, 0.2) is 84.9 Å². The van der Waals surface area contributed by atoms with Crippen LogP contribution in [0.5, 0.6) is 0 Å². The highest BCUT2D eigenvalue weighted by Crippen LogP contribution is 2.21. The molecule has 0 bridgehead atoms. The Balaban J connectivity index is 1.43. The van der Waals surface area contributed by atoms with Gasteiger partial charge >= 0.3 is 0 Å². The summed E-state index contributed by atoms with van der Waals surface area (Å²) in [5, 5.41) is 9.42. The molecule has 1 amide bonds. The molecule has 6 heteroatoms. The number of hydrogen-bond donors (Lipinski definition) is 3. The number of rotatable bonds is 6. The number of carbonyl (C=O) groups excluding carboxylic acids is 1. The van der Waals surface area contributed by atoms with Crippen LogP contribution in [0, 0.1) is 13.8 Å². The van der Waals surface area contributed by atoms with E-state index in [0.717, 1.165) is 22.8 Å². The van der Waals surface area contributed by atoms with E-state index in [-0.39, 0.29) is 5.91 Å². The van der Waals surface area contributed by atoms with Gasteiger partial charge < -0.3 is 16.0 Å². The van der Waals surface area contributed by atoms with Crippen molar-refractivity contribution in [1.82, 2.24) is 9.97 Å². The Morgan fingerprint density at radius 3 is 2.03 bits per heavy atom. The van der Waals surface area contributed by atoms with Gasteiger partial charge in [0.25, 0.3) is 5.91 Å². The van der Waals surface area contributed by atoms with Crippen LogP contribution in [0.3, 0.4) is 0 Å². The summed E-state index contributed by atoms with van der Waals surface area (Å²) < 4.78 is 0. The largest absolute Gasteiger partial charge is 0.340 e. The standard InChI is InChI=1S/C25H23N5O/c1-17-8-10-22(11-9-17)29-25-26-18(2)16-23(30-25)27-20-12-14-21(15-13-20)28-24(31)19-6-4-3-5-7-19/h3-16H,1-2H3,(H,28,31)(H2,26,27,29,30). The quantitative estimate of drug-likeness (QED) is 0.373. The molecule has 4 aromatic rings. The van der Waals surface area contributed by atoms with Crippen molar-refractivity contribution >= 4 is 34.7 Å². The van der Waals surface area contributed by atoms with E-state index < -0.39 is 0 Å². The summed E-state index contributed by atoms with van der Waals surface area (Å²) in [5.74, 6) is 1.07. The van der Waals surface area contributed by atoms with Crippen molar-refractivity contribution in [3.63, 3.8) is 0 Å². The van der Waals surface area contributed by atoms with E-state index in [9.17, 15) is 4.79 Å². The number of carbonyl (C=O) groups is 1. The van der Waals surface area contributed by atoms with Gasteiger partial charge in [-0.15, -0.1) is 0 Å². The minimum Gasteiger partial charge on any atom is -0.340 e. The Morgan fingerprint density at radius 2 is 1.32 bits per heavy atom. The molecule has 0 aliphatic rings. The van der Waals surface area contributed by atoms with Gasteiger partial charge in [-0.05, 0) is 62.4 Å². The van der Waals surface area contributed by atoms with Crippen LogP contribution in [0.2, 0.25) is 0 Å². The summed E-state index contributed by atoms with van der Waals surface area (Å²) in [7, 11) is 0. The van der Waals surface area contributed by atoms with Gasteiger partial charge in [-0.2, -0.15) is 4.98 Å². The van der Waals surface area contributed by atoms with Gasteiger partial charge in [-0.1, -0.05) is 35.9 Å². The molecule has 0 saturated heterocycles. The third-order valence-corrected chi connectivity index (χ3v) is 4.61. The highest BCUT2D eigenvalue weighted by molar-refractivity contribution is 6.04. The lowest BCUT2D eigenvalue weighted by Crippen LogP contribution is -2.11. The van der Waals surface area contributed by atoms with Crippen molar-refractivity contribution in [1.29, 1.82) is 0 Å². The van der Waals surface area contributed by atoms with E-state index in [4.69, 9.17) is 0 Å². The SMILES string of the molecule is Cc1ccc(Nc2nc(C)cc(Nc3ccc(NC(=O)c4ccccc4)cc3)n2)cc1. The predicted molar refractivity (Wildman–Crippen MR) is 125 cm³/mol. The van der Waals surface area contributed by atoms with Crippen molar-refractivity contribution in [2.24, 2.45) is 0 Å². The second-order valence-corrected chi connectivity index (χ2v) is 7.23. The van der Waals surface area contributed by atoms with E-state index in [1.807, 2.05) is 86.6 Å². The van der Waals surface area contributed by atoms with Gasteiger partial charge in [0.2, 0.25) is 5.95 Å². The smallest absolute Gasteiger partial charge is 0.255 e. The van der Waals surface area contributed by atoms with Crippen molar-refractivity contribution in [3.05, 3.63) is 102 Å². The predicted octanol–water partition coefficient (Wildman–Crippen LogP) is 5.83. The van der Waals surface area contributed by atoms with Crippen molar-refractivity contribution in [2.75, 3.05) is 16.0 Å². The fraction of sp³-hybridized carbons (Fsp3) is 0.0800. The number of benzene rings is 3. The van der Waals surface area contributed by atoms with Gasteiger partial charge in [0.1, 0.15) is 5.82 Å². The maximum atomic E-state index is 12.3. The average Bonchev–Trinajstić information content (AvgIpc) is 2.77. The number of aromatic nitrogens is 2. The lowest BCUT2D eigenvalue weighted by atomic mass is 10.2. The molecule has 0 spiro atoms. The van der Waals surface area contributed by atoms with Crippen molar-refractivity contribution < 1.29 is 4.79 Å². The van der Waals surface area contributed by atoms with Gasteiger partial charge in [-0.3, -0.25) is 4.79 Å². The van der Waals surface area contributed by atoms with E-state index >= 15 is 0 Å². The van der Waals surface area contributed by atoms with Crippen LogP contribution in [-0.4, -0.2) is 15.9 Å².